The number of halogens is 3. The van der Waals surface area contributed by atoms with E-state index in [0.29, 0.717) is 12.3 Å². The second-order valence-electron chi connectivity index (χ2n) is 5.80. The van der Waals surface area contributed by atoms with Crippen LogP contribution in [-0.4, -0.2) is 18.5 Å². The molecule has 0 unspecified atom stereocenters. The normalized spacial score (nSPS) is 13.5. The molecule has 0 atom stereocenters. The number of nitrogens with zero attached hydrogens (tertiary/aromatic N) is 3. The van der Waals surface area contributed by atoms with E-state index in [-0.39, 0.29) is 6.42 Å². The van der Waals surface area contributed by atoms with Crippen LogP contribution < -0.4 is 0 Å². The molecule has 0 spiro atoms. The molecular formula is C14H20F3N3O. The van der Waals surface area contributed by atoms with Crippen LogP contribution in [0.1, 0.15) is 47.0 Å². The van der Waals surface area contributed by atoms with Gasteiger partial charge in [-0.05, 0) is 13.3 Å². The Morgan fingerprint density at radius 3 is 1.95 bits per heavy atom. The van der Waals surface area contributed by atoms with E-state index >= 15 is 0 Å². The first kappa shape index (κ1) is 19.2. The topological polar surface area (TPSA) is 69.2 Å². The summed E-state index contributed by atoms with van der Waals surface area (Å²) in [5.74, 6) is 0. The minimum absolute atomic E-state index is 0.167. The smallest absolute Gasteiger partial charge is 0.389 e. The van der Waals surface area contributed by atoms with Crippen LogP contribution in [0.15, 0.2) is 5.16 Å². The van der Waals surface area contributed by atoms with E-state index in [1.807, 2.05) is 0 Å². The Labute approximate surface area is 123 Å². The van der Waals surface area contributed by atoms with Gasteiger partial charge >= 0.3 is 6.18 Å². The van der Waals surface area contributed by atoms with Crippen LogP contribution in [0.5, 0.6) is 0 Å². The number of alkyl halides is 3. The third-order valence-corrected chi connectivity index (χ3v) is 2.90. The highest BCUT2D eigenvalue weighted by molar-refractivity contribution is 5.90. The van der Waals surface area contributed by atoms with Gasteiger partial charge in [0.1, 0.15) is 12.0 Å². The summed E-state index contributed by atoms with van der Waals surface area (Å²) in [5, 5.41) is 22.2. The van der Waals surface area contributed by atoms with Crippen LogP contribution in [0, 0.1) is 33.5 Å². The lowest BCUT2D eigenvalue weighted by molar-refractivity contribution is -0.138. The fourth-order valence-electron chi connectivity index (χ4n) is 1.52. The van der Waals surface area contributed by atoms with E-state index < -0.39 is 29.8 Å². The molecule has 21 heavy (non-hydrogen) atoms. The molecule has 0 aromatic heterocycles. The molecular weight excluding hydrogens is 283 g/mol. The predicted molar refractivity (Wildman–Crippen MR) is 72.1 cm³/mol. The molecule has 0 fully saturated rings. The third-order valence-electron chi connectivity index (χ3n) is 2.90. The molecule has 0 aliphatic heterocycles. The number of hydrogen-bond donors (Lipinski definition) is 0. The summed E-state index contributed by atoms with van der Waals surface area (Å²) in [6.07, 6.45) is -6.33. The van der Waals surface area contributed by atoms with Crippen molar-refractivity contribution in [3.05, 3.63) is 0 Å². The number of nitriles is 2. The maximum atomic E-state index is 12.4. The molecule has 7 heteroatoms. The van der Waals surface area contributed by atoms with Crippen LogP contribution in [0.4, 0.5) is 13.2 Å². The zero-order chi connectivity index (χ0) is 16.7. The minimum Gasteiger partial charge on any atom is -0.396 e. The summed E-state index contributed by atoms with van der Waals surface area (Å²) in [4.78, 5) is 4.95. The van der Waals surface area contributed by atoms with Gasteiger partial charge in [-0.1, -0.05) is 25.9 Å². The van der Waals surface area contributed by atoms with E-state index in [2.05, 4.69) is 5.16 Å². The highest BCUT2D eigenvalue weighted by atomic mass is 19.4. The van der Waals surface area contributed by atoms with Gasteiger partial charge in [-0.15, -0.1) is 0 Å². The molecule has 118 valence electrons. The van der Waals surface area contributed by atoms with Gasteiger partial charge in [0.25, 0.3) is 0 Å². The Balaban J connectivity index is 5.30. The monoisotopic (exact) mass is 303 g/mol. The van der Waals surface area contributed by atoms with E-state index in [0.717, 1.165) is 0 Å². The number of oxime groups is 1. The van der Waals surface area contributed by atoms with Crippen molar-refractivity contribution < 1.29 is 18.0 Å². The lowest BCUT2D eigenvalue weighted by Gasteiger charge is -2.26. The van der Waals surface area contributed by atoms with E-state index in [4.69, 9.17) is 4.84 Å². The first-order valence-electron chi connectivity index (χ1n) is 6.58. The minimum atomic E-state index is -4.40. The van der Waals surface area contributed by atoms with Gasteiger partial charge < -0.3 is 4.84 Å². The molecule has 0 aliphatic rings. The standard InChI is InChI=1S/C14H20F3N3O/c1-5-21-20-11(12(2,3)4)8-13(9-18,10-19)6-7-14(15,16)17/h5-8H2,1-4H3. The summed E-state index contributed by atoms with van der Waals surface area (Å²) in [6, 6.07) is 3.44. The second-order valence-corrected chi connectivity index (χ2v) is 5.80. The van der Waals surface area contributed by atoms with Crippen molar-refractivity contribution in [2.45, 2.75) is 53.1 Å². The quantitative estimate of drug-likeness (QED) is 0.545. The zero-order valence-electron chi connectivity index (χ0n) is 12.7. The van der Waals surface area contributed by atoms with Gasteiger partial charge in [0.2, 0.25) is 0 Å². The number of hydrogen-bond acceptors (Lipinski definition) is 4. The van der Waals surface area contributed by atoms with Crippen LogP contribution in [-0.2, 0) is 4.84 Å². The average molecular weight is 303 g/mol. The summed E-state index contributed by atoms with van der Waals surface area (Å²) in [6.45, 7) is 7.42. The van der Waals surface area contributed by atoms with Crippen LogP contribution in [0.3, 0.4) is 0 Å². The summed E-state index contributed by atoms with van der Waals surface area (Å²) in [7, 11) is 0. The number of rotatable bonds is 6. The van der Waals surface area contributed by atoms with Crippen molar-refractivity contribution in [2.75, 3.05) is 6.61 Å². The fraction of sp³-hybridized carbons (Fsp3) is 0.786. The van der Waals surface area contributed by atoms with E-state index in [1.165, 1.54) is 0 Å². The molecule has 0 aromatic rings. The first-order chi connectivity index (χ1) is 9.49. The molecule has 0 heterocycles. The first-order valence-corrected chi connectivity index (χ1v) is 6.58. The van der Waals surface area contributed by atoms with Gasteiger partial charge in [0.15, 0.2) is 0 Å². The van der Waals surface area contributed by atoms with Crippen LogP contribution >= 0.6 is 0 Å². The molecule has 0 saturated carbocycles. The molecule has 0 N–H and O–H groups in total. The highest BCUT2D eigenvalue weighted by Crippen LogP contribution is 2.36. The zero-order valence-corrected chi connectivity index (χ0v) is 12.7. The molecule has 0 rings (SSSR count). The highest BCUT2D eigenvalue weighted by Gasteiger charge is 2.40. The summed E-state index contributed by atoms with van der Waals surface area (Å²) in [5.41, 5.74) is -1.86. The van der Waals surface area contributed by atoms with Crippen molar-refractivity contribution in [1.82, 2.24) is 0 Å². The molecule has 0 aliphatic carbocycles. The van der Waals surface area contributed by atoms with Crippen LogP contribution in [0.2, 0.25) is 0 Å². The van der Waals surface area contributed by atoms with Crippen molar-refractivity contribution in [1.29, 1.82) is 10.5 Å². The Kier molecular flexibility index (Phi) is 6.69. The SMILES string of the molecule is CCON=C(CC(C#N)(C#N)CCC(F)(F)F)C(C)(C)C. The fourth-order valence-corrected chi connectivity index (χ4v) is 1.52. The lowest BCUT2D eigenvalue weighted by atomic mass is 9.75. The van der Waals surface area contributed by atoms with Gasteiger partial charge in [-0.3, -0.25) is 0 Å². The van der Waals surface area contributed by atoms with Gasteiger partial charge in [0.05, 0.1) is 17.9 Å². The molecule has 4 nitrogen and oxygen atoms in total. The van der Waals surface area contributed by atoms with Gasteiger partial charge in [-0.2, -0.15) is 23.7 Å². The molecule has 0 bridgehead atoms. The van der Waals surface area contributed by atoms with Crippen LogP contribution in [0.25, 0.3) is 0 Å². The molecule has 0 radical (unpaired) electrons. The summed E-state index contributed by atoms with van der Waals surface area (Å²) < 4.78 is 37.1. The van der Waals surface area contributed by atoms with Crippen molar-refractivity contribution >= 4 is 5.71 Å². The van der Waals surface area contributed by atoms with E-state index in [9.17, 15) is 23.7 Å². The Morgan fingerprint density at radius 2 is 1.62 bits per heavy atom. The van der Waals surface area contributed by atoms with Crippen molar-refractivity contribution in [3.63, 3.8) is 0 Å². The van der Waals surface area contributed by atoms with Crippen molar-refractivity contribution in [3.8, 4) is 12.1 Å². The Hall–Kier alpha value is -1.76. The molecule has 0 amide bonds. The Morgan fingerprint density at radius 1 is 1.10 bits per heavy atom. The average Bonchev–Trinajstić information content (AvgIpc) is 2.36. The Bertz CT molecular complexity index is 436. The largest absolute Gasteiger partial charge is 0.396 e. The maximum absolute atomic E-state index is 12.4. The van der Waals surface area contributed by atoms with Crippen molar-refractivity contribution in [2.24, 2.45) is 16.0 Å². The molecule has 0 saturated heterocycles. The summed E-state index contributed by atoms with van der Waals surface area (Å²) >= 11 is 0. The van der Waals surface area contributed by atoms with Gasteiger partial charge in [0, 0.05) is 18.3 Å². The second kappa shape index (κ2) is 7.31. The molecule has 0 aromatic carbocycles. The van der Waals surface area contributed by atoms with Gasteiger partial charge in [-0.25, -0.2) is 0 Å². The maximum Gasteiger partial charge on any atom is 0.389 e. The predicted octanol–water partition coefficient (Wildman–Crippen LogP) is 4.19. The lowest BCUT2D eigenvalue weighted by Crippen LogP contribution is -2.30. The third kappa shape index (κ3) is 6.99. The van der Waals surface area contributed by atoms with E-state index in [1.54, 1.807) is 39.8 Å².